The summed E-state index contributed by atoms with van der Waals surface area (Å²) in [7, 11) is 2.26. The zero-order valence-electron chi connectivity index (χ0n) is 20.3. The quantitative estimate of drug-likeness (QED) is 0.373. The Labute approximate surface area is 184 Å². The number of aromatic nitrogens is 4. The molecule has 2 rings (SSSR count). The second kappa shape index (κ2) is 13.6. The van der Waals surface area contributed by atoms with Crippen LogP contribution >= 0.6 is 0 Å². The molecule has 0 bridgehead atoms. The highest BCUT2D eigenvalue weighted by atomic mass is 15.1. The first-order chi connectivity index (χ1) is 14.6. The molecule has 2 aromatic rings. The SMILES string of the molecule is CCCc1ncc(CCCN(C)CCCc2cnc(CCC)n2CCC)n1CCC. The van der Waals surface area contributed by atoms with E-state index in [2.05, 4.69) is 71.1 Å². The van der Waals surface area contributed by atoms with E-state index in [1.807, 2.05) is 0 Å². The van der Waals surface area contributed by atoms with E-state index in [1.165, 1.54) is 61.6 Å². The van der Waals surface area contributed by atoms with E-state index in [-0.39, 0.29) is 0 Å². The van der Waals surface area contributed by atoms with Gasteiger partial charge in [0.15, 0.2) is 0 Å². The molecule has 170 valence electrons. The third-order valence-electron chi connectivity index (χ3n) is 5.83. The smallest absolute Gasteiger partial charge is 0.108 e. The van der Waals surface area contributed by atoms with Gasteiger partial charge in [0.2, 0.25) is 0 Å². The molecule has 30 heavy (non-hydrogen) atoms. The Morgan fingerprint density at radius 1 is 0.667 bits per heavy atom. The molecule has 0 amide bonds. The van der Waals surface area contributed by atoms with Gasteiger partial charge in [-0.3, -0.25) is 0 Å². The van der Waals surface area contributed by atoms with Gasteiger partial charge in [-0.2, -0.15) is 0 Å². The zero-order chi connectivity index (χ0) is 21.8. The maximum absolute atomic E-state index is 4.68. The minimum atomic E-state index is 1.09. The summed E-state index contributed by atoms with van der Waals surface area (Å²) < 4.78 is 4.93. The highest BCUT2D eigenvalue weighted by molar-refractivity contribution is 5.07. The molecular weight excluding hydrogens is 370 g/mol. The van der Waals surface area contributed by atoms with E-state index in [0.29, 0.717) is 0 Å². The van der Waals surface area contributed by atoms with Crippen LogP contribution < -0.4 is 0 Å². The number of hydrogen-bond acceptors (Lipinski definition) is 3. The van der Waals surface area contributed by atoms with Gasteiger partial charge in [-0.1, -0.05) is 27.7 Å². The minimum Gasteiger partial charge on any atom is -0.332 e. The number of rotatable bonds is 16. The number of nitrogens with zero attached hydrogens (tertiary/aromatic N) is 5. The highest BCUT2D eigenvalue weighted by Gasteiger charge is 2.11. The molecule has 5 nitrogen and oxygen atoms in total. The zero-order valence-corrected chi connectivity index (χ0v) is 20.3. The van der Waals surface area contributed by atoms with Crippen molar-refractivity contribution in [3.05, 3.63) is 35.4 Å². The Balaban J connectivity index is 1.76. The Morgan fingerprint density at radius 2 is 1.10 bits per heavy atom. The van der Waals surface area contributed by atoms with Crippen molar-refractivity contribution < 1.29 is 0 Å². The van der Waals surface area contributed by atoms with Gasteiger partial charge >= 0.3 is 0 Å². The summed E-state index contributed by atoms with van der Waals surface area (Å²) in [5.74, 6) is 2.54. The Kier molecular flexibility index (Phi) is 11.2. The normalized spacial score (nSPS) is 11.7. The van der Waals surface area contributed by atoms with Crippen molar-refractivity contribution in [3.63, 3.8) is 0 Å². The first-order valence-electron chi connectivity index (χ1n) is 12.4. The summed E-state index contributed by atoms with van der Waals surface area (Å²) in [5, 5.41) is 0. The first kappa shape index (κ1) is 24.6. The molecule has 0 radical (unpaired) electrons. The van der Waals surface area contributed by atoms with Gasteiger partial charge in [0, 0.05) is 49.7 Å². The summed E-state index contributed by atoms with van der Waals surface area (Å²) in [4.78, 5) is 11.9. The third-order valence-corrected chi connectivity index (χ3v) is 5.83. The van der Waals surface area contributed by atoms with Crippen LogP contribution in [0.5, 0.6) is 0 Å². The molecule has 0 N–H and O–H groups in total. The summed E-state index contributed by atoms with van der Waals surface area (Å²) >= 11 is 0. The van der Waals surface area contributed by atoms with Crippen molar-refractivity contribution in [1.29, 1.82) is 0 Å². The number of imidazole rings is 2. The Bertz CT molecular complexity index is 655. The average molecular weight is 416 g/mol. The number of aryl methyl sites for hydroxylation is 4. The van der Waals surface area contributed by atoms with E-state index in [1.54, 1.807) is 0 Å². The second-order valence-electron chi connectivity index (χ2n) is 8.65. The van der Waals surface area contributed by atoms with Crippen LogP contribution in [0.2, 0.25) is 0 Å². The summed E-state index contributed by atoms with van der Waals surface area (Å²) in [5.41, 5.74) is 2.83. The molecule has 0 aliphatic rings. The molecule has 0 aromatic carbocycles. The van der Waals surface area contributed by atoms with Crippen LogP contribution in [0.3, 0.4) is 0 Å². The van der Waals surface area contributed by atoms with E-state index >= 15 is 0 Å². The standard InChI is InChI=1S/C25H45N5/c1-6-12-24-26-20-22(29(24)16-8-3)14-10-18-28(5)19-11-15-23-21-27-25(13-7-2)30(23)17-9-4/h20-21H,6-19H2,1-5H3. The second-order valence-corrected chi connectivity index (χ2v) is 8.65. The molecule has 0 aliphatic carbocycles. The van der Waals surface area contributed by atoms with Crippen molar-refractivity contribution in [2.75, 3.05) is 20.1 Å². The lowest BCUT2D eigenvalue weighted by atomic mass is 10.2. The van der Waals surface area contributed by atoms with Gasteiger partial charge in [-0.15, -0.1) is 0 Å². The fraction of sp³-hybridized carbons (Fsp3) is 0.760. The molecule has 0 unspecified atom stereocenters. The lowest BCUT2D eigenvalue weighted by molar-refractivity contribution is 0.322. The van der Waals surface area contributed by atoms with Crippen LogP contribution in [-0.2, 0) is 38.8 Å². The molecule has 5 heteroatoms. The maximum atomic E-state index is 4.68. The Hall–Kier alpha value is -1.62. The fourth-order valence-corrected chi connectivity index (χ4v) is 4.32. The monoisotopic (exact) mass is 415 g/mol. The van der Waals surface area contributed by atoms with Gasteiger partial charge < -0.3 is 14.0 Å². The summed E-state index contributed by atoms with van der Waals surface area (Å²) in [6.07, 6.45) is 15.8. The predicted octanol–water partition coefficient (Wildman–Crippen LogP) is 5.30. The van der Waals surface area contributed by atoms with E-state index in [0.717, 1.165) is 51.9 Å². The first-order valence-corrected chi connectivity index (χ1v) is 12.4. The van der Waals surface area contributed by atoms with Gasteiger partial charge in [0.1, 0.15) is 11.6 Å². The Morgan fingerprint density at radius 3 is 1.47 bits per heavy atom. The third kappa shape index (κ3) is 7.26. The van der Waals surface area contributed by atoms with Gasteiger partial charge in [0.25, 0.3) is 0 Å². The van der Waals surface area contributed by atoms with Crippen molar-refractivity contribution in [2.24, 2.45) is 0 Å². The van der Waals surface area contributed by atoms with Gasteiger partial charge in [0.05, 0.1) is 0 Å². The number of hydrogen-bond donors (Lipinski definition) is 0. The molecule has 2 aromatic heterocycles. The highest BCUT2D eigenvalue weighted by Crippen LogP contribution is 2.13. The van der Waals surface area contributed by atoms with Crippen molar-refractivity contribution >= 4 is 0 Å². The van der Waals surface area contributed by atoms with Crippen LogP contribution in [0.4, 0.5) is 0 Å². The molecule has 0 spiro atoms. The van der Waals surface area contributed by atoms with Crippen LogP contribution in [0, 0.1) is 0 Å². The summed E-state index contributed by atoms with van der Waals surface area (Å²) in [6, 6.07) is 0. The lowest BCUT2D eigenvalue weighted by Crippen LogP contribution is -2.22. The largest absolute Gasteiger partial charge is 0.332 e. The topological polar surface area (TPSA) is 38.9 Å². The lowest BCUT2D eigenvalue weighted by Gasteiger charge is -2.17. The molecule has 0 atom stereocenters. The van der Waals surface area contributed by atoms with Crippen LogP contribution in [-0.4, -0.2) is 44.1 Å². The molecule has 0 saturated heterocycles. The van der Waals surface area contributed by atoms with Crippen molar-refractivity contribution in [3.8, 4) is 0 Å². The van der Waals surface area contributed by atoms with E-state index < -0.39 is 0 Å². The van der Waals surface area contributed by atoms with Gasteiger partial charge in [-0.05, 0) is 71.5 Å². The van der Waals surface area contributed by atoms with Crippen LogP contribution in [0.25, 0.3) is 0 Å². The summed E-state index contributed by atoms with van der Waals surface area (Å²) in [6.45, 7) is 13.5. The van der Waals surface area contributed by atoms with Crippen molar-refractivity contribution in [1.82, 2.24) is 24.0 Å². The fourth-order valence-electron chi connectivity index (χ4n) is 4.32. The molecule has 2 heterocycles. The predicted molar refractivity (Wildman–Crippen MR) is 127 cm³/mol. The van der Waals surface area contributed by atoms with E-state index in [9.17, 15) is 0 Å². The van der Waals surface area contributed by atoms with E-state index in [4.69, 9.17) is 0 Å². The average Bonchev–Trinajstić information content (AvgIpc) is 3.28. The molecule has 0 aliphatic heterocycles. The molecular formula is C25H45N5. The van der Waals surface area contributed by atoms with Gasteiger partial charge in [-0.25, -0.2) is 9.97 Å². The van der Waals surface area contributed by atoms with Crippen LogP contribution in [0.15, 0.2) is 12.4 Å². The molecule has 0 saturated carbocycles. The van der Waals surface area contributed by atoms with Crippen LogP contribution in [0.1, 0.15) is 89.3 Å². The van der Waals surface area contributed by atoms with Crippen molar-refractivity contribution in [2.45, 2.75) is 105 Å². The molecule has 0 fully saturated rings. The minimum absolute atomic E-state index is 1.09. The maximum Gasteiger partial charge on any atom is 0.108 e.